The summed E-state index contributed by atoms with van der Waals surface area (Å²) in [5.41, 5.74) is 6.56. The molecule has 0 aromatic heterocycles. The molecule has 0 aromatic carbocycles. The first-order chi connectivity index (χ1) is 10.4. The Morgan fingerprint density at radius 1 is 1.04 bits per heavy atom. The molecule has 0 heterocycles. The van der Waals surface area contributed by atoms with Gasteiger partial charge in [-0.2, -0.15) is 0 Å². The summed E-state index contributed by atoms with van der Waals surface area (Å²) in [4.78, 5) is 12.1. The summed E-state index contributed by atoms with van der Waals surface area (Å²) in [6.45, 7) is 4.75. The van der Waals surface area contributed by atoms with Crippen molar-refractivity contribution >= 4 is 18.2 Å². The van der Waals surface area contributed by atoms with Crippen LogP contribution in [0.15, 0.2) is 0 Å². The van der Waals surface area contributed by atoms with E-state index in [1.165, 1.54) is 25.7 Å². The van der Waals surface area contributed by atoms with Crippen LogP contribution in [0.1, 0.15) is 65.2 Å². The molecular weight excluding hydrogens is 310 g/mol. The van der Waals surface area contributed by atoms with Crippen LogP contribution < -0.4 is 5.73 Å². The van der Waals surface area contributed by atoms with Gasteiger partial charge in [0.2, 0.25) is 0 Å². The fourth-order valence-electron chi connectivity index (χ4n) is 7.14. The van der Waals surface area contributed by atoms with Crippen molar-refractivity contribution in [2.24, 2.45) is 40.2 Å². The van der Waals surface area contributed by atoms with Crippen molar-refractivity contribution in [2.75, 3.05) is 0 Å². The molecule has 4 saturated carbocycles. The van der Waals surface area contributed by atoms with Crippen LogP contribution in [0.4, 0.5) is 0 Å². The van der Waals surface area contributed by atoms with Crippen molar-refractivity contribution in [3.05, 3.63) is 0 Å². The highest BCUT2D eigenvalue weighted by Crippen LogP contribution is 2.65. The Hall–Kier alpha value is -0.120. The molecule has 4 aliphatic rings. The minimum Gasteiger partial charge on any atom is -0.393 e. The third kappa shape index (κ3) is 2.33. The molecule has 0 aromatic rings. The molecule has 23 heavy (non-hydrogen) atoms. The van der Waals surface area contributed by atoms with Gasteiger partial charge in [-0.1, -0.05) is 13.8 Å². The zero-order valence-corrected chi connectivity index (χ0v) is 15.3. The summed E-state index contributed by atoms with van der Waals surface area (Å²) in [5.74, 6) is 2.99. The van der Waals surface area contributed by atoms with Crippen LogP contribution in [0.5, 0.6) is 0 Å². The minimum atomic E-state index is -0.234. The fraction of sp³-hybridized carbons (Fsp3) is 0.947. The molecule has 8 atom stereocenters. The highest BCUT2D eigenvalue weighted by atomic mass is 35.5. The molecule has 0 saturated heterocycles. The van der Waals surface area contributed by atoms with Crippen LogP contribution in [0.3, 0.4) is 0 Å². The number of carbonyl (C=O) groups is 1. The molecule has 8 unspecified atom stereocenters. The Kier molecular flexibility index (Phi) is 4.39. The van der Waals surface area contributed by atoms with Gasteiger partial charge in [0.25, 0.3) is 0 Å². The number of rotatable bonds is 0. The Morgan fingerprint density at radius 3 is 2.48 bits per heavy atom. The number of ketones is 1. The van der Waals surface area contributed by atoms with Gasteiger partial charge in [-0.05, 0) is 79.4 Å². The number of hydrogen-bond donors (Lipinski definition) is 2. The Morgan fingerprint density at radius 2 is 1.74 bits per heavy atom. The van der Waals surface area contributed by atoms with Gasteiger partial charge in [-0.25, -0.2) is 0 Å². The quantitative estimate of drug-likeness (QED) is 0.710. The van der Waals surface area contributed by atoms with Crippen molar-refractivity contribution in [2.45, 2.75) is 77.4 Å². The van der Waals surface area contributed by atoms with E-state index < -0.39 is 0 Å². The molecule has 0 spiro atoms. The van der Waals surface area contributed by atoms with Gasteiger partial charge in [-0.3, -0.25) is 4.79 Å². The van der Waals surface area contributed by atoms with E-state index in [1.807, 2.05) is 0 Å². The molecule has 4 fully saturated rings. The summed E-state index contributed by atoms with van der Waals surface area (Å²) in [6.07, 6.45) is 8.54. The summed E-state index contributed by atoms with van der Waals surface area (Å²) in [6, 6.07) is -0.234. The Bertz CT molecular complexity index is 498. The number of aliphatic hydroxyl groups is 1. The summed E-state index contributed by atoms with van der Waals surface area (Å²) >= 11 is 0. The van der Waals surface area contributed by atoms with Crippen molar-refractivity contribution < 1.29 is 9.90 Å². The standard InChI is InChI=1S/C19H31NO2.ClH/c1-18-8-7-14-12(13(18)5-6-17(18)22)4-3-11-9-16(21)15(20)10-19(11,14)2;/h11-15,17,22H,3-10,20H2,1-2H3;1H. The molecule has 132 valence electrons. The molecule has 0 amide bonds. The maximum atomic E-state index is 12.1. The summed E-state index contributed by atoms with van der Waals surface area (Å²) < 4.78 is 0. The molecule has 4 rings (SSSR count). The largest absolute Gasteiger partial charge is 0.393 e. The van der Waals surface area contributed by atoms with E-state index in [4.69, 9.17) is 5.73 Å². The van der Waals surface area contributed by atoms with Crippen molar-refractivity contribution in [3.63, 3.8) is 0 Å². The van der Waals surface area contributed by atoms with Gasteiger partial charge in [0, 0.05) is 6.42 Å². The molecule has 3 N–H and O–H groups in total. The van der Waals surface area contributed by atoms with E-state index in [-0.39, 0.29) is 41.2 Å². The van der Waals surface area contributed by atoms with Gasteiger partial charge >= 0.3 is 0 Å². The molecular formula is C19H32ClNO2. The highest BCUT2D eigenvalue weighted by Gasteiger charge is 2.60. The fourth-order valence-corrected chi connectivity index (χ4v) is 7.14. The second-order valence-corrected chi connectivity index (χ2v) is 9.28. The summed E-state index contributed by atoms with van der Waals surface area (Å²) in [7, 11) is 0. The second kappa shape index (κ2) is 5.71. The predicted molar refractivity (Wildman–Crippen MR) is 93.3 cm³/mol. The van der Waals surface area contributed by atoms with Crippen LogP contribution in [0, 0.1) is 34.5 Å². The van der Waals surface area contributed by atoms with E-state index in [9.17, 15) is 9.90 Å². The lowest BCUT2D eigenvalue weighted by Crippen LogP contribution is -2.57. The van der Waals surface area contributed by atoms with Crippen molar-refractivity contribution in [1.29, 1.82) is 0 Å². The Balaban J connectivity index is 0.00000156. The zero-order valence-electron chi connectivity index (χ0n) is 14.5. The zero-order chi connectivity index (χ0) is 15.7. The smallest absolute Gasteiger partial charge is 0.149 e. The van der Waals surface area contributed by atoms with E-state index in [0.29, 0.717) is 24.2 Å². The second-order valence-electron chi connectivity index (χ2n) is 9.28. The number of Topliss-reactive ketones (excluding diaryl/α,β-unsaturated/α-hetero) is 1. The van der Waals surface area contributed by atoms with E-state index in [2.05, 4.69) is 13.8 Å². The lowest BCUT2D eigenvalue weighted by Gasteiger charge is -2.60. The van der Waals surface area contributed by atoms with Crippen molar-refractivity contribution in [3.8, 4) is 0 Å². The molecule has 0 aliphatic heterocycles. The molecule has 0 radical (unpaired) electrons. The van der Waals surface area contributed by atoms with E-state index in [0.717, 1.165) is 25.2 Å². The van der Waals surface area contributed by atoms with Gasteiger partial charge in [0.1, 0.15) is 5.78 Å². The first-order valence-electron chi connectivity index (χ1n) is 9.32. The average Bonchev–Trinajstić information content (AvgIpc) is 2.77. The maximum Gasteiger partial charge on any atom is 0.149 e. The predicted octanol–water partition coefficient (Wildman–Crippen LogP) is 3.32. The van der Waals surface area contributed by atoms with Crippen LogP contribution >= 0.6 is 12.4 Å². The van der Waals surface area contributed by atoms with Crippen LogP contribution in [-0.2, 0) is 4.79 Å². The lowest BCUT2D eigenvalue weighted by molar-refractivity contribution is -0.144. The van der Waals surface area contributed by atoms with E-state index >= 15 is 0 Å². The highest BCUT2D eigenvalue weighted by molar-refractivity contribution is 5.85. The molecule has 3 nitrogen and oxygen atoms in total. The van der Waals surface area contributed by atoms with Crippen LogP contribution in [0.25, 0.3) is 0 Å². The average molecular weight is 342 g/mol. The van der Waals surface area contributed by atoms with Crippen molar-refractivity contribution in [1.82, 2.24) is 0 Å². The third-order valence-electron chi connectivity index (χ3n) is 8.54. The van der Waals surface area contributed by atoms with Gasteiger partial charge < -0.3 is 10.8 Å². The van der Waals surface area contributed by atoms with E-state index in [1.54, 1.807) is 0 Å². The SMILES string of the molecule is CC12CCC3C(CCC4CC(=O)C(N)CC43C)C1CCC2O.Cl. The maximum absolute atomic E-state index is 12.1. The number of fused-ring (bicyclic) bond motifs is 5. The molecule has 4 aliphatic carbocycles. The topological polar surface area (TPSA) is 63.3 Å². The van der Waals surface area contributed by atoms with Crippen LogP contribution in [-0.4, -0.2) is 23.0 Å². The third-order valence-corrected chi connectivity index (χ3v) is 8.54. The van der Waals surface area contributed by atoms with Gasteiger partial charge in [0.15, 0.2) is 0 Å². The van der Waals surface area contributed by atoms with Gasteiger partial charge in [0.05, 0.1) is 12.1 Å². The summed E-state index contributed by atoms with van der Waals surface area (Å²) in [5, 5.41) is 10.5. The number of nitrogens with two attached hydrogens (primary N) is 1. The lowest BCUT2D eigenvalue weighted by atomic mass is 9.45. The number of hydrogen-bond acceptors (Lipinski definition) is 3. The monoisotopic (exact) mass is 341 g/mol. The first kappa shape index (κ1) is 17.7. The first-order valence-corrected chi connectivity index (χ1v) is 9.32. The Labute approximate surface area is 146 Å². The van der Waals surface area contributed by atoms with Gasteiger partial charge in [-0.15, -0.1) is 12.4 Å². The number of carbonyl (C=O) groups excluding carboxylic acids is 1. The molecule has 4 heteroatoms. The molecule has 0 bridgehead atoms. The normalized spacial score (nSPS) is 55.4. The number of aliphatic hydroxyl groups excluding tert-OH is 1. The van der Waals surface area contributed by atoms with Crippen LogP contribution in [0.2, 0.25) is 0 Å². The number of halogens is 1. The minimum absolute atomic E-state index is 0.